The Morgan fingerprint density at radius 2 is 2.33 bits per heavy atom. The topological polar surface area (TPSA) is 78.0 Å². The zero-order chi connectivity index (χ0) is 5.28. The van der Waals surface area contributed by atoms with Crippen molar-refractivity contribution in [1.29, 1.82) is 0 Å². The Morgan fingerprint density at radius 3 is 2.44 bits per heavy atom. The molecule has 0 saturated heterocycles. The molecule has 5 nitrogen and oxygen atoms in total. The maximum atomic E-state index is 4.64. The molecule has 0 bridgehead atoms. The van der Waals surface area contributed by atoms with E-state index in [9.17, 15) is 0 Å². The molecule has 0 aromatic carbocycles. The number of hydrogen-bond acceptors (Lipinski definition) is 3. The van der Waals surface area contributed by atoms with Crippen molar-refractivity contribution in [3.63, 3.8) is 0 Å². The third kappa shape index (κ3) is 3.07. The van der Waals surface area contributed by atoms with Gasteiger partial charge in [0.05, 0.1) is 0 Å². The summed E-state index contributed by atoms with van der Waals surface area (Å²) in [7, 11) is 1.75. The van der Waals surface area contributed by atoms with Crippen molar-refractivity contribution < 1.29 is 36.5 Å². The molecule has 9 heavy (non-hydrogen) atoms. The van der Waals surface area contributed by atoms with Crippen LogP contribution in [0.5, 0.6) is 0 Å². The number of aromatic amines is 1. The van der Waals surface area contributed by atoms with Crippen molar-refractivity contribution in [3.8, 4) is 0 Å². The second-order valence-electron chi connectivity index (χ2n) is 1.14. The van der Waals surface area contributed by atoms with E-state index in [1.807, 2.05) is 0 Å². The maximum Gasteiger partial charge on any atom is 1.00 e. The summed E-state index contributed by atoms with van der Waals surface area (Å²) in [6.45, 7) is 0. The van der Waals surface area contributed by atoms with E-state index < -0.39 is 0 Å². The van der Waals surface area contributed by atoms with Crippen molar-refractivity contribution >= 4 is 12.2 Å². The molecule has 0 spiro atoms. The van der Waals surface area contributed by atoms with Gasteiger partial charge in [0.1, 0.15) is 0 Å². The van der Waals surface area contributed by atoms with Gasteiger partial charge in [-0.05, 0) is 12.2 Å². The number of aryl methyl sites for hydroxylation is 1. The number of tetrazole rings is 1. The van der Waals surface area contributed by atoms with Crippen LogP contribution in [0.15, 0.2) is 0 Å². The summed E-state index contributed by atoms with van der Waals surface area (Å²) in [6, 6.07) is 0. The molecule has 1 aromatic rings. The summed E-state index contributed by atoms with van der Waals surface area (Å²) >= 11 is 4.64. The summed E-state index contributed by atoms with van der Waals surface area (Å²) < 4.78 is 2.02. The number of nitrogens with one attached hydrogen (secondary N) is 1. The summed E-state index contributed by atoms with van der Waals surface area (Å²) in [6.07, 6.45) is 0. The van der Waals surface area contributed by atoms with Crippen LogP contribution in [0, 0.1) is 4.77 Å². The Balaban J connectivity index is -0.000000163. The van der Waals surface area contributed by atoms with Gasteiger partial charge < -0.3 is 6.90 Å². The van der Waals surface area contributed by atoms with Gasteiger partial charge in [-0.25, -0.2) is 4.68 Å². The normalized spacial score (nSPS) is 7.22. The summed E-state index contributed by atoms with van der Waals surface area (Å²) in [4.78, 5) is 0. The van der Waals surface area contributed by atoms with Crippen molar-refractivity contribution in [3.05, 3.63) is 4.77 Å². The minimum absolute atomic E-state index is 0. The standard InChI is InChI=1S/C2H4N4S.Na.H2O.H/c1-6-2(7)3-4-5-6;;;/h1H3,(H,3,5,7);;1H2;/q;+1;;-1. The van der Waals surface area contributed by atoms with Crippen LogP contribution >= 0.6 is 12.2 Å². The van der Waals surface area contributed by atoms with E-state index in [-0.39, 0.29) is 36.5 Å². The first-order valence-corrected chi connectivity index (χ1v) is 2.15. The molecule has 1 heterocycles. The van der Waals surface area contributed by atoms with Gasteiger partial charge in [0.25, 0.3) is 0 Å². The average molecular weight is 158 g/mol. The third-order valence-corrected chi connectivity index (χ3v) is 0.973. The second-order valence-corrected chi connectivity index (χ2v) is 1.51. The largest absolute Gasteiger partial charge is 1.00 e. The molecular weight excluding hydrogens is 151 g/mol. The number of hydrogen-bond donors (Lipinski definition) is 1. The average Bonchev–Trinajstić information content (AvgIpc) is 1.91. The van der Waals surface area contributed by atoms with E-state index in [4.69, 9.17) is 0 Å². The van der Waals surface area contributed by atoms with Crippen LogP contribution in [0.1, 0.15) is 1.43 Å². The van der Waals surface area contributed by atoms with E-state index in [1.54, 1.807) is 11.7 Å². The fourth-order valence-electron chi connectivity index (χ4n) is 0.242. The fraction of sp³-hybridized carbons (Fsp3) is 0.500. The van der Waals surface area contributed by atoms with Gasteiger partial charge in [-0.1, -0.05) is 10.3 Å². The smallest absolute Gasteiger partial charge is 1.00 e. The first kappa shape index (κ1) is 12.0. The molecule has 0 unspecified atom stereocenters. The van der Waals surface area contributed by atoms with E-state index in [0.717, 1.165) is 0 Å². The molecule has 0 amide bonds. The molecule has 0 fully saturated rings. The van der Waals surface area contributed by atoms with E-state index >= 15 is 0 Å². The predicted octanol–water partition coefficient (Wildman–Crippen LogP) is -3.84. The zero-order valence-electron chi connectivity index (χ0n) is 6.25. The summed E-state index contributed by atoms with van der Waals surface area (Å²) in [5.74, 6) is 0. The Bertz CT molecular complexity index is 211. The SMILES string of the molecule is Cn1[nH]nnc1=S.O.[H-].[Na+]. The molecule has 0 aliphatic heterocycles. The van der Waals surface area contributed by atoms with Crippen LogP contribution in [-0.4, -0.2) is 25.7 Å². The van der Waals surface area contributed by atoms with Crippen LogP contribution < -0.4 is 29.6 Å². The molecule has 0 aliphatic carbocycles. The maximum absolute atomic E-state index is 4.64. The molecular formula is C2H7N4NaOS. The monoisotopic (exact) mass is 158 g/mol. The molecule has 0 aliphatic rings. The first-order valence-electron chi connectivity index (χ1n) is 1.75. The van der Waals surface area contributed by atoms with Crippen LogP contribution in [0.4, 0.5) is 0 Å². The second kappa shape index (κ2) is 5.07. The zero-order valence-corrected chi connectivity index (χ0v) is 8.07. The van der Waals surface area contributed by atoms with Gasteiger partial charge in [-0.2, -0.15) is 5.21 Å². The summed E-state index contributed by atoms with van der Waals surface area (Å²) in [5.41, 5.74) is 0. The Kier molecular flexibility index (Phi) is 6.74. The molecule has 3 N–H and O–H groups in total. The Morgan fingerprint density at radius 1 is 1.78 bits per heavy atom. The quantitative estimate of drug-likeness (QED) is 0.310. The Labute approximate surface area is 80.5 Å². The first-order chi connectivity index (χ1) is 3.30. The van der Waals surface area contributed by atoms with Crippen molar-refractivity contribution in [2.24, 2.45) is 7.05 Å². The van der Waals surface area contributed by atoms with Gasteiger partial charge in [-0.15, -0.1) is 0 Å². The van der Waals surface area contributed by atoms with Gasteiger partial charge in [0, 0.05) is 7.05 Å². The number of aromatic nitrogens is 4. The van der Waals surface area contributed by atoms with Crippen LogP contribution in [-0.2, 0) is 7.05 Å². The van der Waals surface area contributed by atoms with Gasteiger partial charge in [0.15, 0.2) is 0 Å². The summed E-state index contributed by atoms with van der Waals surface area (Å²) in [5, 5.41) is 9.41. The van der Waals surface area contributed by atoms with Crippen LogP contribution in [0.3, 0.4) is 0 Å². The van der Waals surface area contributed by atoms with Crippen molar-refractivity contribution in [2.75, 3.05) is 0 Å². The van der Waals surface area contributed by atoms with Crippen molar-refractivity contribution in [1.82, 2.24) is 20.2 Å². The van der Waals surface area contributed by atoms with Crippen LogP contribution in [0.25, 0.3) is 0 Å². The van der Waals surface area contributed by atoms with Crippen molar-refractivity contribution in [2.45, 2.75) is 0 Å². The Hall–Kier alpha value is 0.250. The molecule has 1 aromatic heterocycles. The fourth-order valence-corrected chi connectivity index (χ4v) is 0.324. The number of H-pyrrole nitrogens is 1. The predicted molar refractivity (Wildman–Crippen MR) is 30.9 cm³/mol. The molecule has 0 atom stereocenters. The van der Waals surface area contributed by atoms with Gasteiger partial charge in [-0.3, -0.25) is 0 Å². The molecule has 7 heteroatoms. The third-order valence-electron chi connectivity index (χ3n) is 0.617. The molecule has 48 valence electrons. The van der Waals surface area contributed by atoms with E-state index in [2.05, 4.69) is 27.7 Å². The minimum Gasteiger partial charge on any atom is -1.00 e. The van der Waals surface area contributed by atoms with Gasteiger partial charge >= 0.3 is 29.6 Å². The molecule has 1 rings (SSSR count). The molecule has 0 saturated carbocycles. The van der Waals surface area contributed by atoms with E-state index in [0.29, 0.717) is 4.77 Å². The van der Waals surface area contributed by atoms with E-state index in [1.165, 1.54) is 0 Å². The number of nitrogens with zero attached hydrogens (tertiary/aromatic N) is 3. The number of rotatable bonds is 0. The van der Waals surface area contributed by atoms with Gasteiger partial charge in [0.2, 0.25) is 4.77 Å². The van der Waals surface area contributed by atoms with Crippen LogP contribution in [0.2, 0.25) is 0 Å². The minimum atomic E-state index is 0. The molecule has 0 radical (unpaired) electrons.